The molecule has 1 N–H and O–H groups in total. The largest absolute Gasteiger partial charge is 0.337 e. The number of fused-ring (bicyclic) bond motifs is 2. The number of hydrogen-bond acceptors (Lipinski definition) is 4. The van der Waals surface area contributed by atoms with E-state index in [0.717, 1.165) is 19.3 Å². The summed E-state index contributed by atoms with van der Waals surface area (Å²) >= 11 is 0. The zero-order valence-electron chi connectivity index (χ0n) is 11.1. The predicted octanol–water partition coefficient (Wildman–Crippen LogP) is 1.56. The number of nitrogens with zero attached hydrogens (tertiary/aromatic N) is 2. The first-order valence-electron chi connectivity index (χ1n) is 6.94. The summed E-state index contributed by atoms with van der Waals surface area (Å²) in [6, 6.07) is 6.99. The van der Waals surface area contributed by atoms with Crippen LogP contribution in [0.1, 0.15) is 29.6 Å². The van der Waals surface area contributed by atoms with E-state index in [2.05, 4.69) is 5.32 Å². The number of benzene rings is 1. The van der Waals surface area contributed by atoms with Gasteiger partial charge in [0.25, 0.3) is 11.6 Å². The van der Waals surface area contributed by atoms with Crippen LogP contribution in [0.4, 0.5) is 5.69 Å². The van der Waals surface area contributed by atoms with E-state index in [1.54, 1.807) is 17.0 Å². The highest BCUT2D eigenvalue weighted by Crippen LogP contribution is 2.24. The minimum atomic E-state index is -0.491. The molecular formula is C14H17N3O3. The molecule has 2 aliphatic rings. The summed E-state index contributed by atoms with van der Waals surface area (Å²) < 4.78 is 0. The fourth-order valence-electron chi connectivity index (χ4n) is 3.11. The molecule has 0 spiro atoms. The third kappa shape index (κ3) is 2.38. The number of nitro groups is 1. The Morgan fingerprint density at radius 1 is 1.25 bits per heavy atom. The fraction of sp³-hybridized carbons (Fsp3) is 0.500. The Balaban J connectivity index is 1.84. The summed E-state index contributed by atoms with van der Waals surface area (Å²) in [5, 5.41) is 14.5. The average Bonchev–Trinajstić information content (AvgIpc) is 2.77. The molecule has 2 unspecified atom stereocenters. The lowest BCUT2D eigenvalue weighted by molar-refractivity contribution is -0.385. The summed E-state index contributed by atoms with van der Waals surface area (Å²) in [6.07, 6.45) is 3.16. The van der Waals surface area contributed by atoms with Crippen LogP contribution >= 0.6 is 0 Å². The van der Waals surface area contributed by atoms with Crippen LogP contribution in [0, 0.1) is 10.1 Å². The van der Waals surface area contributed by atoms with Crippen molar-refractivity contribution in [3.8, 4) is 0 Å². The number of likely N-dealkylation sites (tertiary alicyclic amines) is 1. The van der Waals surface area contributed by atoms with Crippen molar-refractivity contribution in [3.63, 3.8) is 0 Å². The van der Waals surface area contributed by atoms with Gasteiger partial charge in [-0.3, -0.25) is 14.9 Å². The quantitative estimate of drug-likeness (QED) is 0.656. The molecular weight excluding hydrogens is 258 g/mol. The molecule has 2 saturated heterocycles. The van der Waals surface area contributed by atoms with Crippen molar-refractivity contribution in [3.05, 3.63) is 39.9 Å². The molecule has 1 aromatic carbocycles. The lowest BCUT2D eigenvalue weighted by Crippen LogP contribution is -2.39. The SMILES string of the molecule is O=C(c1ccccc1[N+](=O)[O-])N1CCC2CCC(C1)N2. The first-order chi connectivity index (χ1) is 9.65. The molecule has 1 aromatic rings. The van der Waals surface area contributed by atoms with E-state index in [1.807, 2.05) is 0 Å². The van der Waals surface area contributed by atoms with Gasteiger partial charge in [0.1, 0.15) is 5.56 Å². The highest BCUT2D eigenvalue weighted by Gasteiger charge is 2.33. The van der Waals surface area contributed by atoms with Gasteiger partial charge in [-0.15, -0.1) is 0 Å². The number of para-hydroxylation sites is 1. The minimum Gasteiger partial charge on any atom is -0.337 e. The predicted molar refractivity (Wildman–Crippen MR) is 73.6 cm³/mol. The van der Waals surface area contributed by atoms with E-state index in [9.17, 15) is 14.9 Å². The molecule has 0 aliphatic carbocycles. The van der Waals surface area contributed by atoms with Crippen LogP contribution in [0.3, 0.4) is 0 Å². The molecule has 2 atom stereocenters. The maximum Gasteiger partial charge on any atom is 0.282 e. The van der Waals surface area contributed by atoms with Crippen molar-refractivity contribution in [1.29, 1.82) is 0 Å². The Kier molecular flexibility index (Phi) is 3.40. The molecule has 2 fully saturated rings. The molecule has 6 nitrogen and oxygen atoms in total. The molecule has 2 bridgehead atoms. The van der Waals surface area contributed by atoms with Crippen LogP contribution in [0.25, 0.3) is 0 Å². The second-order valence-electron chi connectivity index (χ2n) is 5.45. The number of carbonyl (C=O) groups excluding carboxylic acids is 1. The number of amides is 1. The summed E-state index contributed by atoms with van der Waals surface area (Å²) in [5.74, 6) is -0.230. The van der Waals surface area contributed by atoms with Gasteiger partial charge in [0, 0.05) is 31.2 Å². The van der Waals surface area contributed by atoms with Crippen molar-refractivity contribution in [2.45, 2.75) is 31.3 Å². The Hall–Kier alpha value is -1.95. The number of carbonyl (C=O) groups is 1. The van der Waals surface area contributed by atoms with E-state index in [4.69, 9.17) is 0 Å². The van der Waals surface area contributed by atoms with Crippen molar-refractivity contribution in [2.24, 2.45) is 0 Å². The average molecular weight is 275 g/mol. The van der Waals surface area contributed by atoms with Gasteiger partial charge in [-0.25, -0.2) is 0 Å². The Bertz CT molecular complexity index is 546. The number of nitrogens with one attached hydrogen (secondary N) is 1. The monoisotopic (exact) mass is 275 g/mol. The minimum absolute atomic E-state index is 0.111. The summed E-state index contributed by atoms with van der Waals surface area (Å²) in [5.41, 5.74) is 0.0788. The van der Waals surface area contributed by atoms with Crippen LogP contribution in [0.15, 0.2) is 24.3 Å². The van der Waals surface area contributed by atoms with E-state index >= 15 is 0 Å². The van der Waals surface area contributed by atoms with Crippen LogP contribution in [0.5, 0.6) is 0 Å². The Morgan fingerprint density at radius 2 is 2.00 bits per heavy atom. The summed E-state index contributed by atoms with van der Waals surface area (Å²) in [4.78, 5) is 24.8. The van der Waals surface area contributed by atoms with Gasteiger partial charge in [0.15, 0.2) is 0 Å². The molecule has 6 heteroatoms. The van der Waals surface area contributed by atoms with Crippen LogP contribution in [-0.4, -0.2) is 40.9 Å². The normalized spacial score (nSPS) is 25.3. The van der Waals surface area contributed by atoms with E-state index < -0.39 is 4.92 Å². The number of rotatable bonds is 2. The van der Waals surface area contributed by atoms with Gasteiger partial charge in [-0.1, -0.05) is 12.1 Å². The first kappa shape index (κ1) is 13.1. The third-order valence-corrected chi connectivity index (χ3v) is 4.14. The molecule has 106 valence electrons. The third-order valence-electron chi connectivity index (χ3n) is 4.14. The van der Waals surface area contributed by atoms with E-state index in [0.29, 0.717) is 25.2 Å². The maximum absolute atomic E-state index is 12.5. The molecule has 20 heavy (non-hydrogen) atoms. The van der Waals surface area contributed by atoms with Gasteiger partial charge in [-0.05, 0) is 25.3 Å². The van der Waals surface area contributed by atoms with Gasteiger partial charge < -0.3 is 10.2 Å². The zero-order chi connectivity index (χ0) is 14.1. The standard InChI is InChI=1S/C14H17N3O3/c18-14(12-3-1-2-4-13(12)17(19)20)16-8-7-10-5-6-11(9-16)15-10/h1-4,10-11,15H,5-9H2. The van der Waals surface area contributed by atoms with Gasteiger partial charge >= 0.3 is 0 Å². The highest BCUT2D eigenvalue weighted by atomic mass is 16.6. The van der Waals surface area contributed by atoms with Crippen LogP contribution in [0.2, 0.25) is 0 Å². The number of nitro benzene ring substituents is 1. The second-order valence-corrected chi connectivity index (χ2v) is 5.45. The lowest BCUT2D eigenvalue weighted by atomic mass is 10.1. The molecule has 0 saturated carbocycles. The zero-order valence-corrected chi connectivity index (χ0v) is 11.1. The molecule has 0 radical (unpaired) electrons. The maximum atomic E-state index is 12.5. The van der Waals surface area contributed by atoms with Crippen molar-refractivity contribution in [1.82, 2.24) is 10.2 Å². The molecule has 2 aliphatic heterocycles. The van der Waals surface area contributed by atoms with Crippen LogP contribution < -0.4 is 5.32 Å². The highest BCUT2D eigenvalue weighted by molar-refractivity contribution is 5.98. The van der Waals surface area contributed by atoms with Gasteiger partial charge in [0.05, 0.1) is 4.92 Å². The summed E-state index contributed by atoms with van der Waals surface area (Å²) in [7, 11) is 0. The Labute approximate surface area is 116 Å². The van der Waals surface area contributed by atoms with Gasteiger partial charge in [0.2, 0.25) is 0 Å². The first-order valence-corrected chi connectivity index (χ1v) is 6.94. The van der Waals surface area contributed by atoms with Gasteiger partial charge in [-0.2, -0.15) is 0 Å². The van der Waals surface area contributed by atoms with Crippen LogP contribution in [-0.2, 0) is 0 Å². The Morgan fingerprint density at radius 3 is 2.80 bits per heavy atom. The fourth-order valence-corrected chi connectivity index (χ4v) is 3.11. The van der Waals surface area contributed by atoms with E-state index in [-0.39, 0.29) is 17.2 Å². The van der Waals surface area contributed by atoms with Crippen molar-refractivity contribution in [2.75, 3.05) is 13.1 Å². The number of hydrogen-bond donors (Lipinski definition) is 1. The molecule has 3 rings (SSSR count). The summed E-state index contributed by atoms with van der Waals surface area (Å²) in [6.45, 7) is 1.31. The molecule has 1 amide bonds. The topological polar surface area (TPSA) is 75.5 Å². The van der Waals surface area contributed by atoms with Crippen molar-refractivity contribution >= 4 is 11.6 Å². The smallest absolute Gasteiger partial charge is 0.282 e. The molecule has 2 heterocycles. The van der Waals surface area contributed by atoms with E-state index in [1.165, 1.54) is 12.1 Å². The molecule has 0 aromatic heterocycles. The van der Waals surface area contributed by atoms with Crippen molar-refractivity contribution < 1.29 is 9.72 Å². The lowest BCUT2D eigenvalue weighted by Gasteiger charge is -2.24. The second kappa shape index (κ2) is 5.20.